The van der Waals surface area contributed by atoms with Gasteiger partial charge in [-0.1, -0.05) is 79.6 Å². The molecular weight excluding hydrogens is 462 g/mol. The molecule has 1 aromatic heterocycles. The van der Waals surface area contributed by atoms with E-state index in [1.54, 1.807) is 25.1 Å². The van der Waals surface area contributed by atoms with Crippen molar-refractivity contribution >= 4 is 34.2 Å². The van der Waals surface area contributed by atoms with Crippen LogP contribution in [-0.2, 0) is 9.59 Å². The van der Waals surface area contributed by atoms with Crippen molar-refractivity contribution in [1.82, 2.24) is 10.2 Å². The summed E-state index contributed by atoms with van der Waals surface area (Å²) < 4.78 is 5.80. The molecule has 1 atom stereocenters. The Morgan fingerprint density at radius 2 is 1.86 bits per heavy atom. The number of carbonyl (C=O) groups is 2. The summed E-state index contributed by atoms with van der Waals surface area (Å²) in [7, 11) is 0. The van der Waals surface area contributed by atoms with E-state index in [2.05, 4.69) is 17.1 Å². The Morgan fingerprint density at radius 3 is 2.51 bits per heavy atom. The zero-order valence-electron chi connectivity index (χ0n) is 19.7. The molecular formula is C27H27N3O4S. The van der Waals surface area contributed by atoms with Gasteiger partial charge in [0, 0.05) is 0 Å². The number of carbonyl (C=O) groups excluding carboxylic acids is 2. The van der Waals surface area contributed by atoms with E-state index >= 15 is 0 Å². The lowest BCUT2D eigenvalue weighted by molar-refractivity contribution is -0.117. The van der Waals surface area contributed by atoms with Gasteiger partial charge in [-0.2, -0.15) is 0 Å². The van der Waals surface area contributed by atoms with E-state index in [4.69, 9.17) is 4.74 Å². The second-order valence-corrected chi connectivity index (χ2v) is 9.34. The summed E-state index contributed by atoms with van der Waals surface area (Å²) in [5.41, 5.74) is 1.50. The zero-order chi connectivity index (χ0) is 24.8. The molecule has 0 aliphatic carbocycles. The molecule has 0 saturated heterocycles. The average molecular weight is 490 g/mol. The lowest BCUT2D eigenvalue weighted by Gasteiger charge is -2.24. The van der Waals surface area contributed by atoms with Gasteiger partial charge in [0.1, 0.15) is 10.8 Å². The van der Waals surface area contributed by atoms with E-state index in [1.165, 1.54) is 22.3 Å². The molecule has 2 heterocycles. The van der Waals surface area contributed by atoms with Crippen LogP contribution in [0.2, 0.25) is 0 Å². The van der Waals surface area contributed by atoms with Gasteiger partial charge in [0.25, 0.3) is 5.91 Å². The molecule has 1 unspecified atom stereocenters. The normalized spacial score (nSPS) is 15.9. The molecule has 0 spiro atoms. The van der Waals surface area contributed by atoms with Gasteiger partial charge in [-0.05, 0) is 42.7 Å². The highest BCUT2D eigenvalue weighted by atomic mass is 32.1. The van der Waals surface area contributed by atoms with Crippen LogP contribution in [0, 0.1) is 6.92 Å². The molecule has 0 radical (unpaired) electrons. The highest BCUT2D eigenvalue weighted by molar-refractivity contribution is 7.15. The highest BCUT2D eigenvalue weighted by Gasteiger charge is 2.45. The van der Waals surface area contributed by atoms with Crippen LogP contribution < -0.4 is 9.64 Å². The SMILES string of the molecule is CCCCCOc1ccc(C2C(C(=O)/C=C/c3ccccc3)=C(O)C(=O)N2c2nnc(C)s2)cc1. The van der Waals surface area contributed by atoms with Crippen LogP contribution >= 0.6 is 11.3 Å². The first-order valence-corrected chi connectivity index (χ1v) is 12.4. The maximum absolute atomic E-state index is 13.3. The maximum atomic E-state index is 13.3. The first-order chi connectivity index (χ1) is 17.0. The molecule has 4 rings (SSSR count). The fraction of sp³-hybridized carbons (Fsp3) is 0.259. The minimum absolute atomic E-state index is 0.00616. The minimum Gasteiger partial charge on any atom is -0.503 e. The molecule has 0 fully saturated rings. The number of aliphatic hydroxyl groups is 1. The van der Waals surface area contributed by atoms with Crippen molar-refractivity contribution in [1.29, 1.82) is 0 Å². The van der Waals surface area contributed by atoms with Gasteiger partial charge in [-0.25, -0.2) is 0 Å². The summed E-state index contributed by atoms with van der Waals surface area (Å²) in [6, 6.07) is 15.8. The number of aromatic nitrogens is 2. The number of aryl methyl sites for hydroxylation is 1. The monoisotopic (exact) mass is 489 g/mol. The minimum atomic E-state index is -0.836. The lowest BCUT2D eigenvalue weighted by Crippen LogP contribution is -2.30. The fourth-order valence-corrected chi connectivity index (χ4v) is 4.58. The van der Waals surface area contributed by atoms with Crippen LogP contribution in [0.1, 0.15) is 48.4 Å². The van der Waals surface area contributed by atoms with Crippen molar-refractivity contribution in [3.63, 3.8) is 0 Å². The first-order valence-electron chi connectivity index (χ1n) is 11.6. The predicted molar refractivity (Wildman–Crippen MR) is 136 cm³/mol. The molecule has 7 nitrogen and oxygen atoms in total. The van der Waals surface area contributed by atoms with Gasteiger partial charge in [0.2, 0.25) is 5.13 Å². The number of ketones is 1. The number of aliphatic hydroxyl groups excluding tert-OH is 1. The summed E-state index contributed by atoms with van der Waals surface area (Å²) >= 11 is 1.22. The number of ether oxygens (including phenoxy) is 1. The average Bonchev–Trinajstić information content (AvgIpc) is 3.41. The van der Waals surface area contributed by atoms with Crippen molar-refractivity contribution in [3.05, 3.63) is 88.1 Å². The van der Waals surface area contributed by atoms with Crippen molar-refractivity contribution in [2.24, 2.45) is 0 Å². The van der Waals surface area contributed by atoms with Gasteiger partial charge < -0.3 is 9.84 Å². The Kier molecular flexibility index (Phi) is 7.72. The number of rotatable bonds is 10. The van der Waals surface area contributed by atoms with Crippen LogP contribution in [0.15, 0.2) is 72.0 Å². The molecule has 1 aliphatic rings. The van der Waals surface area contributed by atoms with Crippen LogP contribution in [0.4, 0.5) is 5.13 Å². The Labute approximate surface area is 208 Å². The Morgan fingerprint density at radius 1 is 1.11 bits per heavy atom. The maximum Gasteiger partial charge on any atom is 0.296 e. The number of amides is 1. The quantitative estimate of drug-likeness (QED) is 0.294. The van der Waals surface area contributed by atoms with Gasteiger partial charge in [0.05, 0.1) is 18.2 Å². The van der Waals surface area contributed by atoms with Gasteiger partial charge in [0.15, 0.2) is 11.5 Å². The van der Waals surface area contributed by atoms with Crippen molar-refractivity contribution in [2.75, 3.05) is 11.5 Å². The summed E-state index contributed by atoms with van der Waals surface area (Å²) in [5, 5.41) is 19.9. The van der Waals surface area contributed by atoms with E-state index < -0.39 is 23.5 Å². The van der Waals surface area contributed by atoms with E-state index in [1.807, 2.05) is 42.5 Å². The summed E-state index contributed by atoms with van der Waals surface area (Å²) in [6.45, 7) is 4.54. The third-order valence-corrected chi connectivity index (χ3v) is 6.47. The summed E-state index contributed by atoms with van der Waals surface area (Å²) in [4.78, 5) is 27.7. The van der Waals surface area contributed by atoms with Gasteiger partial charge in [-0.3, -0.25) is 14.5 Å². The van der Waals surface area contributed by atoms with E-state index in [-0.39, 0.29) is 5.57 Å². The summed E-state index contributed by atoms with van der Waals surface area (Å²) in [6.07, 6.45) is 6.23. The number of anilines is 1. The van der Waals surface area contributed by atoms with Crippen LogP contribution in [0.3, 0.4) is 0 Å². The fourth-order valence-electron chi connectivity index (χ4n) is 3.87. The van der Waals surface area contributed by atoms with Crippen molar-refractivity contribution in [3.8, 4) is 5.75 Å². The molecule has 180 valence electrons. The second kappa shape index (κ2) is 11.1. The third-order valence-electron chi connectivity index (χ3n) is 5.63. The third kappa shape index (κ3) is 5.49. The van der Waals surface area contributed by atoms with Crippen LogP contribution in [-0.4, -0.2) is 33.6 Å². The zero-order valence-corrected chi connectivity index (χ0v) is 20.5. The number of hydrogen-bond donors (Lipinski definition) is 1. The van der Waals surface area contributed by atoms with Crippen LogP contribution in [0.25, 0.3) is 6.08 Å². The smallest absolute Gasteiger partial charge is 0.296 e. The van der Waals surface area contributed by atoms with Gasteiger partial charge in [-0.15, -0.1) is 10.2 Å². The second-order valence-electron chi connectivity index (χ2n) is 8.18. The molecule has 3 aromatic rings. The first kappa shape index (κ1) is 24.3. The molecule has 1 N–H and O–H groups in total. The molecule has 1 aliphatic heterocycles. The Hall–Kier alpha value is -3.78. The van der Waals surface area contributed by atoms with Crippen molar-refractivity contribution in [2.45, 2.75) is 39.2 Å². The lowest BCUT2D eigenvalue weighted by atomic mass is 9.95. The molecule has 1 amide bonds. The number of unbranched alkanes of at least 4 members (excludes halogenated alkanes) is 2. The topological polar surface area (TPSA) is 92.6 Å². The molecule has 0 bridgehead atoms. The van der Waals surface area contributed by atoms with Gasteiger partial charge >= 0.3 is 0 Å². The highest BCUT2D eigenvalue weighted by Crippen LogP contribution is 2.42. The standard InChI is InChI=1S/C27H27N3O4S/c1-3-4-8-17-34-21-14-12-20(13-15-21)24-23(22(31)16-11-19-9-6-5-7-10-19)25(32)26(33)30(24)27-29-28-18(2)35-27/h5-7,9-16,24,32H,3-4,8,17H2,1-2H3/b16-11+. The molecule has 35 heavy (non-hydrogen) atoms. The molecule has 2 aromatic carbocycles. The Balaban J connectivity index is 1.66. The number of hydrogen-bond acceptors (Lipinski definition) is 7. The van der Waals surface area contributed by atoms with Crippen LogP contribution in [0.5, 0.6) is 5.75 Å². The molecule has 8 heteroatoms. The number of allylic oxidation sites excluding steroid dienone is 1. The summed E-state index contributed by atoms with van der Waals surface area (Å²) in [5.74, 6) is -1.00. The van der Waals surface area contributed by atoms with E-state index in [0.717, 1.165) is 24.8 Å². The largest absolute Gasteiger partial charge is 0.503 e. The van der Waals surface area contributed by atoms with E-state index in [0.29, 0.717) is 28.1 Å². The number of benzene rings is 2. The molecule has 0 saturated carbocycles. The van der Waals surface area contributed by atoms with Crippen molar-refractivity contribution < 1.29 is 19.4 Å². The Bertz CT molecular complexity index is 1250. The van der Waals surface area contributed by atoms with E-state index in [9.17, 15) is 14.7 Å². The predicted octanol–water partition coefficient (Wildman–Crippen LogP) is 5.60. The number of nitrogens with zero attached hydrogens (tertiary/aromatic N) is 3.